The molecule has 1 aromatic heterocycles. The molecule has 0 saturated carbocycles. The fraction of sp³-hybridized carbons (Fsp3) is 0.412. The number of hydrogen-bond donors (Lipinski definition) is 1. The normalized spacial score (nSPS) is 15.0. The Balaban J connectivity index is 1.66. The lowest BCUT2D eigenvalue weighted by Gasteiger charge is -2.14. The van der Waals surface area contributed by atoms with Gasteiger partial charge in [0.15, 0.2) is 0 Å². The summed E-state index contributed by atoms with van der Waals surface area (Å²) in [4.78, 5) is 19.9. The van der Waals surface area contributed by atoms with Crippen molar-refractivity contribution >= 4 is 40.4 Å². The molecule has 1 amide bonds. The molecule has 1 fully saturated rings. The van der Waals surface area contributed by atoms with E-state index in [0.717, 1.165) is 35.9 Å². The summed E-state index contributed by atoms with van der Waals surface area (Å²) in [5, 5.41) is 4.76. The largest absolute Gasteiger partial charge is 0.350 e. The van der Waals surface area contributed by atoms with Gasteiger partial charge in [0.25, 0.3) is 5.91 Å². The highest BCUT2D eigenvalue weighted by Crippen LogP contribution is 2.32. The molecule has 1 aliphatic heterocycles. The summed E-state index contributed by atoms with van der Waals surface area (Å²) >= 11 is 13.4. The molecule has 0 radical (unpaired) electrons. The van der Waals surface area contributed by atoms with Crippen molar-refractivity contribution in [3.63, 3.8) is 0 Å². The Bertz CT molecular complexity index is 741. The van der Waals surface area contributed by atoms with Crippen LogP contribution in [0, 0.1) is 6.92 Å². The van der Waals surface area contributed by atoms with E-state index in [1.54, 1.807) is 12.1 Å². The molecule has 1 saturated heterocycles. The smallest absolute Gasteiger partial charge is 0.263 e. The van der Waals surface area contributed by atoms with E-state index in [0.29, 0.717) is 21.5 Å². The predicted octanol–water partition coefficient (Wildman–Crippen LogP) is 4.25. The van der Waals surface area contributed by atoms with Crippen molar-refractivity contribution < 1.29 is 4.79 Å². The van der Waals surface area contributed by atoms with Gasteiger partial charge in [0.2, 0.25) is 0 Å². The SMILES string of the molecule is Cc1nc(-c2ccc(Cl)c(Cl)c2)sc1C(=O)NCCN1CCCC1. The standard InChI is InChI=1S/C17H19Cl2N3OS/c1-11-15(16(23)20-6-9-22-7-2-3-8-22)24-17(21-11)12-4-5-13(18)14(19)10-12/h4-5,10H,2-3,6-9H2,1H3,(H,20,23). The average molecular weight is 384 g/mol. The Morgan fingerprint density at radius 3 is 2.75 bits per heavy atom. The second-order valence-corrected chi connectivity index (χ2v) is 7.68. The van der Waals surface area contributed by atoms with Crippen LogP contribution < -0.4 is 5.32 Å². The molecule has 0 unspecified atom stereocenters. The molecule has 2 aromatic rings. The molecule has 24 heavy (non-hydrogen) atoms. The van der Waals surface area contributed by atoms with Gasteiger partial charge in [-0.2, -0.15) is 0 Å². The van der Waals surface area contributed by atoms with E-state index >= 15 is 0 Å². The van der Waals surface area contributed by atoms with Crippen molar-refractivity contribution in [2.45, 2.75) is 19.8 Å². The van der Waals surface area contributed by atoms with Crippen LogP contribution in [0.1, 0.15) is 28.2 Å². The zero-order valence-corrected chi connectivity index (χ0v) is 15.8. The molecule has 4 nitrogen and oxygen atoms in total. The highest BCUT2D eigenvalue weighted by Gasteiger charge is 2.17. The lowest BCUT2D eigenvalue weighted by atomic mass is 10.2. The van der Waals surface area contributed by atoms with Gasteiger partial charge in [0, 0.05) is 18.7 Å². The molecule has 1 N–H and O–H groups in total. The summed E-state index contributed by atoms with van der Waals surface area (Å²) < 4.78 is 0. The molecule has 1 aliphatic rings. The first-order valence-electron chi connectivity index (χ1n) is 7.98. The number of aromatic nitrogens is 1. The Hall–Kier alpha value is -1.14. The molecule has 3 rings (SSSR count). The predicted molar refractivity (Wildman–Crippen MR) is 100 cm³/mol. The van der Waals surface area contributed by atoms with Crippen LogP contribution in [0.15, 0.2) is 18.2 Å². The van der Waals surface area contributed by atoms with Crippen LogP contribution in [0.2, 0.25) is 10.0 Å². The summed E-state index contributed by atoms with van der Waals surface area (Å²) in [6, 6.07) is 5.38. The quantitative estimate of drug-likeness (QED) is 0.838. The highest BCUT2D eigenvalue weighted by molar-refractivity contribution is 7.17. The van der Waals surface area contributed by atoms with Gasteiger partial charge >= 0.3 is 0 Å². The highest BCUT2D eigenvalue weighted by atomic mass is 35.5. The maximum absolute atomic E-state index is 12.4. The van der Waals surface area contributed by atoms with Crippen LogP contribution in [0.4, 0.5) is 0 Å². The molecule has 0 spiro atoms. The number of halogens is 2. The second kappa shape index (κ2) is 7.83. The third-order valence-corrected chi connectivity index (χ3v) is 6.03. The van der Waals surface area contributed by atoms with Crippen LogP contribution >= 0.6 is 34.5 Å². The fourth-order valence-corrected chi connectivity index (χ4v) is 4.05. The minimum atomic E-state index is -0.0597. The van der Waals surface area contributed by atoms with Gasteiger partial charge < -0.3 is 10.2 Å². The van der Waals surface area contributed by atoms with Crippen LogP contribution in [0.3, 0.4) is 0 Å². The number of aryl methyl sites for hydroxylation is 1. The monoisotopic (exact) mass is 383 g/mol. The molecule has 128 valence electrons. The summed E-state index contributed by atoms with van der Waals surface area (Å²) in [5.74, 6) is -0.0597. The number of nitrogens with zero attached hydrogens (tertiary/aromatic N) is 2. The molecule has 0 aliphatic carbocycles. The molecule has 1 aromatic carbocycles. The van der Waals surface area contributed by atoms with E-state index in [1.165, 1.54) is 24.2 Å². The zero-order valence-electron chi connectivity index (χ0n) is 13.4. The molecule has 0 bridgehead atoms. The Labute approximate surface area is 155 Å². The number of benzene rings is 1. The van der Waals surface area contributed by atoms with Gasteiger partial charge in [-0.1, -0.05) is 29.3 Å². The number of likely N-dealkylation sites (tertiary alicyclic amines) is 1. The van der Waals surface area contributed by atoms with Gasteiger partial charge in [-0.15, -0.1) is 11.3 Å². The average Bonchev–Trinajstić information content (AvgIpc) is 3.19. The number of thiazole rings is 1. The van der Waals surface area contributed by atoms with E-state index < -0.39 is 0 Å². The maximum Gasteiger partial charge on any atom is 0.263 e. The van der Waals surface area contributed by atoms with Crippen molar-refractivity contribution in [2.75, 3.05) is 26.2 Å². The number of amides is 1. The lowest BCUT2D eigenvalue weighted by molar-refractivity contribution is 0.0953. The molecule has 0 atom stereocenters. The Kier molecular flexibility index (Phi) is 5.76. The Morgan fingerprint density at radius 1 is 1.29 bits per heavy atom. The molecular formula is C17H19Cl2N3OS. The number of rotatable bonds is 5. The van der Waals surface area contributed by atoms with Crippen LogP contribution in [0.25, 0.3) is 10.6 Å². The summed E-state index contributed by atoms with van der Waals surface area (Å²) in [5.41, 5.74) is 1.60. The van der Waals surface area contributed by atoms with Crippen LogP contribution in [-0.4, -0.2) is 42.0 Å². The van der Waals surface area contributed by atoms with Crippen molar-refractivity contribution in [1.82, 2.24) is 15.2 Å². The minimum absolute atomic E-state index is 0.0597. The minimum Gasteiger partial charge on any atom is -0.350 e. The topological polar surface area (TPSA) is 45.2 Å². The summed E-state index contributed by atoms with van der Waals surface area (Å²) in [7, 11) is 0. The van der Waals surface area contributed by atoms with Crippen molar-refractivity contribution in [3.05, 3.63) is 38.8 Å². The number of nitrogens with one attached hydrogen (secondary N) is 1. The van der Waals surface area contributed by atoms with Crippen LogP contribution in [-0.2, 0) is 0 Å². The number of carbonyl (C=O) groups excluding carboxylic acids is 1. The summed E-state index contributed by atoms with van der Waals surface area (Å²) in [6.07, 6.45) is 2.52. The van der Waals surface area contributed by atoms with Gasteiger partial charge in [-0.05, 0) is 45.0 Å². The van der Waals surface area contributed by atoms with Crippen LogP contribution in [0.5, 0.6) is 0 Å². The van der Waals surface area contributed by atoms with Gasteiger partial charge in [-0.3, -0.25) is 4.79 Å². The third-order valence-electron chi connectivity index (χ3n) is 4.08. The number of carbonyl (C=O) groups is 1. The van der Waals surface area contributed by atoms with Crippen molar-refractivity contribution in [2.24, 2.45) is 0 Å². The van der Waals surface area contributed by atoms with Gasteiger partial charge in [0.1, 0.15) is 9.88 Å². The van der Waals surface area contributed by atoms with Gasteiger partial charge in [0.05, 0.1) is 15.7 Å². The number of hydrogen-bond acceptors (Lipinski definition) is 4. The molecular weight excluding hydrogens is 365 g/mol. The fourth-order valence-electron chi connectivity index (χ4n) is 2.77. The van der Waals surface area contributed by atoms with Gasteiger partial charge in [-0.25, -0.2) is 4.98 Å². The molecule has 7 heteroatoms. The second-order valence-electron chi connectivity index (χ2n) is 5.87. The first-order valence-corrected chi connectivity index (χ1v) is 9.55. The van der Waals surface area contributed by atoms with E-state index in [4.69, 9.17) is 23.2 Å². The zero-order chi connectivity index (χ0) is 17.1. The lowest BCUT2D eigenvalue weighted by Crippen LogP contribution is -2.33. The first kappa shape index (κ1) is 17.7. The summed E-state index contributed by atoms with van der Waals surface area (Å²) in [6.45, 7) is 5.70. The van der Waals surface area contributed by atoms with Crippen molar-refractivity contribution in [1.29, 1.82) is 0 Å². The van der Waals surface area contributed by atoms with E-state index in [1.807, 2.05) is 13.0 Å². The first-order chi connectivity index (χ1) is 11.5. The molecule has 2 heterocycles. The van der Waals surface area contributed by atoms with Crippen molar-refractivity contribution in [3.8, 4) is 10.6 Å². The maximum atomic E-state index is 12.4. The van der Waals surface area contributed by atoms with E-state index in [-0.39, 0.29) is 5.91 Å². The Morgan fingerprint density at radius 2 is 2.04 bits per heavy atom. The van der Waals surface area contributed by atoms with E-state index in [2.05, 4.69) is 15.2 Å². The third kappa shape index (κ3) is 4.09. The van der Waals surface area contributed by atoms with E-state index in [9.17, 15) is 4.79 Å².